The molecule has 3 aromatic rings. The van der Waals surface area contributed by atoms with Crippen LogP contribution in [0.2, 0.25) is 0 Å². The van der Waals surface area contributed by atoms with Gasteiger partial charge in [0, 0.05) is 5.69 Å². The highest BCUT2D eigenvalue weighted by atomic mass is 32.2. The molecular weight excluding hydrogens is 388 g/mol. The van der Waals surface area contributed by atoms with Gasteiger partial charge in [-0.2, -0.15) is 5.26 Å². The van der Waals surface area contributed by atoms with E-state index in [1.54, 1.807) is 42.5 Å². The maximum atomic E-state index is 12.7. The van der Waals surface area contributed by atoms with Crippen molar-refractivity contribution in [3.8, 4) is 28.7 Å². The summed E-state index contributed by atoms with van der Waals surface area (Å²) in [6.45, 7) is 1.88. The van der Waals surface area contributed by atoms with Crippen LogP contribution in [-0.4, -0.2) is 22.6 Å². The molecule has 0 heterocycles. The molecule has 0 aromatic heterocycles. The normalized spacial score (nSPS) is 10.8. The maximum absolute atomic E-state index is 12.7. The molecule has 3 rings (SSSR count). The Labute approximate surface area is 170 Å². The molecule has 0 atom stereocenters. The molecule has 7 heteroatoms. The Morgan fingerprint density at radius 3 is 2.24 bits per heavy atom. The molecule has 6 nitrogen and oxygen atoms in total. The molecule has 0 saturated carbocycles. The molecule has 29 heavy (non-hydrogen) atoms. The van der Waals surface area contributed by atoms with Crippen LogP contribution in [0.5, 0.6) is 11.5 Å². The summed E-state index contributed by atoms with van der Waals surface area (Å²) in [6, 6.07) is 18.9. The van der Waals surface area contributed by atoms with Crippen LogP contribution in [0.4, 0.5) is 5.69 Å². The Morgan fingerprint density at radius 1 is 0.897 bits per heavy atom. The van der Waals surface area contributed by atoms with Gasteiger partial charge in [-0.3, -0.25) is 4.72 Å². The molecular formula is C22H20N2O4S. The largest absolute Gasteiger partial charge is 0.497 e. The molecule has 0 aliphatic carbocycles. The first-order valence-electron chi connectivity index (χ1n) is 8.73. The summed E-state index contributed by atoms with van der Waals surface area (Å²) in [7, 11) is -0.724. The predicted molar refractivity (Wildman–Crippen MR) is 112 cm³/mol. The van der Waals surface area contributed by atoms with Gasteiger partial charge in [-0.1, -0.05) is 12.1 Å². The summed E-state index contributed by atoms with van der Waals surface area (Å²) in [5.41, 5.74) is 3.39. The van der Waals surface area contributed by atoms with Gasteiger partial charge in [0.25, 0.3) is 10.0 Å². The number of methoxy groups -OCH3 is 2. The topological polar surface area (TPSA) is 88.4 Å². The number of rotatable bonds is 6. The molecule has 0 radical (unpaired) electrons. The van der Waals surface area contributed by atoms with Gasteiger partial charge >= 0.3 is 0 Å². The van der Waals surface area contributed by atoms with E-state index in [9.17, 15) is 8.42 Å². The summed E-state index contributed by atoms with van der Waals surface area (Å²) >= 11 is 0. The van der Waals surface area contributed by atoms with Crippen LogP contribution >= 0.6 is 0 Å². The molecule has 0 aliphatic rings. The fourth-order valence-corrected chi connectivity index (χ4v) is 3.98. The molecule has 1 N–H and O–H groups in total. The number of aryl methyl sites for hydroxylation is 1. The lowest BCUT2D eigenvalue weighted by Crippen LogP contribution is -2.13. The van der Waals surface area contributed by atoms with Crippen LogP contribution in [0, 0.1) is 18.3 Å². The van der Waals surface area contributed by atoms with E-state index in [1.807, 2.05) is 13.0 Å². The van der Waals surface area contributed by atoms with Crippen molar-refractivity contribution in [2.24, 2.45) is 0 Å². The zero-order valence-electron chi connectivity index (χ0n) is 16.3. The van der Waals surface area contributed by atoms with Crippen molar-refractivity contribution >= 4 is 15.7 Å². The standard InChI is InChI=1S/C22H20N2O4S/c1-15-10-18(16-4-5-17(14-23)22(13-16)28-3)12-19(11-15)24-29(25,26)21-8-6-20(27-2)7-9-21/h4-13,24H,1-3H3. The van der Waals surface area contributed by atoms with Crippen LogP contribution in [0.15, 0.2) is 65.6 Å². The third-order valence-corrected chi connectivity index (χ3v) is 5.75. The van der Waals surface area contributed by atoms with E-state index in [-0.39, 0.29) is 4.90 Å². The summed E-state index contributed by atoms with van der Waals surface area (Å²) in [4.78, 5) is 0.140. The molecule has 0 amide bonds. The van der Waals surface area contributed by atoms with E-state index in [1.165, 1.54) is 26.4 Å². The second-order valence-corrected chi connectivity index (χ2v) is 8.08. The minimum atomic E-state index is -3.75. The fraction of sp³-hybridized carbons (Fsp3) is 0.136. The van der Waals surface area contributed by atoms with Crippen molar-refractivity contribution in [2.45, 2.75) is 11.8 Å². The number of nitrogens with zero attached hydrogens (tertiary/aromatic N) is 1. The Kier molecular flexibility index (Phi) is 5.76. The van der Waals surface area contributed by atoms with E-state index in [0.29, 0.717) is 22.7 Å². The first-order valence-corrected chi connectivity index (χ1v) is 10.2. The Bertz CT molecular complexity index is 1180. The third kappa shape index (κ3) is 4.50. The van der Waals surface area contributed by atoms with Crippen LogP contribution in [0.1, 0.15) is 11.1 Å². The number of anilines is 1. The maximum Gasteiger partial charge on any atom is 0.261 e. The minimum absolute atomic E-state index is 0.140. The summed E-state index contributed by atoms with van der Waals surface area (Å²) in [5, 5.41) is 9.15. The van der Waals surface area contributed by atoms with Gasteiger partial charge in [0.05, 0.1) is 24.7 Å². The molecule has 148 valence electrons. The third-order valence-electron chi connectivity index (χ3n) is 4.35. The first kappa shape index (κ1) is 20.2. The van der Waals surface area contributed by atoms with E-state index >= 15 is 0 Å². The zero-order valence-corrected chi connectivity index (χ0v) is 17.1. The lowest BCUT2D eigenvalue weighted by molar-refractivity contribution is 0.413. The fourth-order valence-electron chi connectivity index (χ4n) is 2.94. The van der Waals surface area contributed by atoms with Crippen molar-refractivity contribution in [1.82, 2.24) is 0 Å². The number of benzene rings is 3. The van der Waals surface area contributed by atoms with Crippen molar-refractivity contribution < 1.29 is 17.9 Å². The Balaban J connectivity index is 1.96. The highest BCUT2D eigenvalue weighted by Crippen LogP contribution is 2.30. The number of ether oxygens (including phenoxy) is 2. The highest BCUT2D eigenvalue weighted by Gasteiger charge is 2.15. The average Bonchev–Trinajstić information content (AvgIpc) is 2.72. The van der Waals surface area contributed by atoms with Gasteiger partial charge in [0.2, 0.25) is 0 Å². The van der Waals surface area contributed by atoms with Gasteiger partial charge in [-0.15, -0.1) is 0 Å². The van der Waals surface area contributed by atoms with Gasteiger partial charge in [-0.05, 0) is 72.1 Å². The summed E-state index contributed by atoms with van der Waals surface area (Å²) in [6.07, 6.45) is 0. The van der Waals surface area contributed by atoms with Gasteiger partial charge in [-0.25, -0.2) is 8.42 Å². The van der Waals surface area contributed by atoms with E-state index in [4.69, 9.17) is 14.7 Å². The number of hydrogen-bond donors (Lipinski definition) is 1. The van der Waals surface area contributed by atoms with E-state index in [2.05, 4.69) is 10.8 Å². The quantitative estimate of drug-likeness (QED) is 0.655. The van der Waals surface area contributed by atoms with Crippen LogP contribution in [0.3, 0.4) is 0 Å². The minimum Gasteiger partial charge on any atom is -0.497 e. The van der Waals surface area contributed by atoms with Crippen molar-refractivity contribution in [1.29, 1.82) is 5.26 Å². The second-order valence-electron chi connectivity index (χ2n) is 6.40. The van der Waals surface area contributed by atoms with Crippen molar-refractivity contribution in [3.63, 3.8) is 0 Å². The van der Waals surface area contributed by atoms with Gasteiger partial charge in [0.1, 0.15) is 17.6 Å². The second kappa shape index (κ2) is 8.25. The van der Waals surface area contributed by atoms with Gasteiger partial charge in [0.15, 0.2) is 0 Å². The molecule has 3 aromatic carbocycles. The number of nitrogens with one attached hydrogen (secondary N) is 1. The first-order chi connectivity index (χ1) is 13.9. The molecule has 0 fully saturated rings. The Hall–Kier alpha value is -3.50. The van der Waals surface area contributed by atoms with Crippen LogP contribution in [0.25, 0.3) is 11.1 Å². The summed E-state index contributed by atoms with van der Waals surface area (Å²) < 4.78 is 38.4. The van der Waals surface area contributed by atoms with Gasteiger partial charge < -0.3 is 9.47 Å². The lowest BCUT2D eigenvalue weighted by Gasteiger charge is -2.12. The SMILES string of the molecule is COc1ccc(S(=O)(=O)Nc2cc(C)cc(-c3ccc(C#N)c(OC)c3)c2)cc1. The Morgan fingerprint density at radius 2 is 1.62 bits per heavy atom. The van der Waals surface area contributed by atoms with Crippen LogP contribution < -0.4 is 14.2 Å². The molecule has 0 spiro atoms. The number of nitriles is 1. The highest BCUT2D eigenvalue weighted by molar-refractivity contribution is 7.92. The number of sulfonamides is 1. The zero-order chi connectivity index (χ0) is 21.0. The van der Waals surface area contributed by atoms with Crippen LogP contribution in [-0.2, 0) is 10.0 Å². The molecule has 0 saturated heterocycles. The van der Waals surface area contributed by atoms with E-state index in [0.717, 1.165) is 16.7 Å². The smallest absolute Gasteiger partial charge is 0.261 e. The molecule has 0 aliphatic heterocycles. The van der Waals surface area contributed by atoms with Crippen molar-refractivity contribution in [3.05, 3.63) is 71.8 Å². The molecule has 0 unspecified atom stereocenters. The molecule has 0 bridgehead atoms. The van der Waals surface area contributed by atoms with Crippen molar-refractivity contribution in [2.75, 3.05) is 18.9 Å². The van der Waals surface area contributed by atoms with E-state index < -0.39 is 10.0 Å². The average molecular weight is 408 g/mol. The monoisotopic (exact) mass is 408 g/mol. The lowest BCUT2D eigenvalue weighted by atomic mass is 10.0. The number of hydrogen-bond acceptors (Lipinski definition) is 5. The summed E-state index contributed by atoms with van der Waals surface area (Å²) in [5.74, 6) is 1.04. The predicted octanol–water partition coefficient (Wildman–Crippen LogP) is 4.35.